The molecule has 3 rings (SSSR count). The molecule has 0 saturated heterocycles. The van der Waals surface area contributed by atoms with Crippen molar-refractivity contribution in [1.29, 1.82) is 0 Å². The van der Waals surface area contributed by atoms with Gasteiger partial charge in [0, 0.05) is 30.3 Å². The summed E-state index contributed by atoms with van der Waals surface area (Å²) in [7, 11) is -3.57. The van der Waals surface area contributed by atoms with Crippen molar-refractivity contribution >= 4 is 15.8 Å². The van der Waals surface area contributed by atoms with E-state index in [2.05, 4.69) is 9.97 Å². The molecule has 0 radical (unpaired) electrons. The molecule has 0 aliphatic heterocycles. The molecule has 0 unspecified atom stereocenters. The van der Waals surface area contributed by atoms with Gasteiger partial charge in [0.25, 0.3) is 5.56 Å². The van der Waals surface area contributed by atoms with Gasteiger partial charge in [0.15, 0.2) is 21.4 Å². The van der Waals surface area contributed by atoms with E-state index in [1.807, 2.05) is 0 Å². The Balaban J connectivity index is 2.09. The maximum Gasteiger partial charge on any atom is 0.322 e. The fourth-order valence-corrected chi connectivity index (χ4v) is 4.04. The van der Waals surface area contributed by atoms with E-state index < -0.39 is 38.4 Å². The maximum atomic E-state index is 14.2. The summed E-state index contributed by atoms with van der Waals surface area (Å²) in [5.74, 6) is -3.07. The van der Waals surface area contributed by atoms with Crippen LogP contribution in [0.3, 0.4) is 0 Å². The fourth-order valence-electron chi connectivity index (χ4n) is 3.15. The van der Waals surface area contributed by atoms with E-state index in [4.69, 9.17) is 9.47 Å². The van der Waals surface area contributed by atoms with Gasteiger partial charge in [-0.15, -0.1) is 0 Å². The van der Waals surface area contributed by atoms with E-state index in [1.165, 1.54) is 37.6 Å². The van der Waals surface area contributed by atoms with E-state index in [9.17, 15) is 26.8 Å². The lowest BCUT2D eigenvalue weighted by Gasteiger charge is -2.13. The molecule has 0 saturated carbocycles. The molecule has 0 atom stereocenters. The van der Waals surface area contributed by atoms with E-state index in [-0.39, 0.29) is 41.9 Å². The summed E-state index contributed by atoms with van der Waals surface area (Å²) in [6, 6.07) is 5.31. The predicted octanol–water partition coefficient (Wildman–Crippen LogP) is 3.57. The van der Waals surface area contributed by atoms with Crippen LogP contribution in [-0.4, -0.2) is 40.8 Å². The van der Waals surface area contributed by atoms with Crippen LogP contribution in [0.2, 0.25) is 0 Å². The second kappa shape index (κ2) is 10.9. The van der Waals surface area contributed by atoms with E-state index in [1.54, 1.807) is 13.0 Å². The molecular formula is C24H25F2N3O6S. The minimum absolute atomic E-state index is 0.0298. The Kier molecular flexibility index (Phi) is 8.18. The van der Waals surface area contributed by atoms with Gasteiger partial charge in [-0.25, -0.2) is 17.2 Å². The number of carbonyl (C=O) groups is 1. The second-order valence-corrected chi connectivity index (χ2v) is 10.9. The van der Waals surface area contributed by atoms with Gasteiger partial charge < -0.3 is 14.0 Å². The quantitative estimate of drug-likeness (QED) is 0.392. The highest BCUT2D eigenvalue weighted by Gasteiger charge is 2.21. The maximum absolute atomic E-state index is 14.2. The number of hydrogen-bond donors (Lipinski definition) is 0. The monoisotopic (exact) mass is 521 g/mol. The van der Waals surface area contributed by atoms with Crippen molar-refractivity contribution in [2.75, 3.05) is 6.61 Å². The Morgan fingerprint density at radius 1 is 1.14 bits per heavy atom. The number of rotatable bonds is 9. The Hall–Kier alpha value is -3.67. The number of esters is 1. The predicted molar refractivity (Wildman–Crippen MR) is 127 cm³/mol. The van der Waals surface area contributed by atoms with Crippen LogP contribution < -0.4 is 10.3 Å². The van der Waals surface area contributed by atoms with Crippen LogP contribution >= 0.6 is 0 Å². The van der Waals surface area contributed by atoms with Crippen LogP contribution in [0, 0.1) is 18.6 Å². The number of carbonyl (C=O) groups excluding carboxylic acids is 1. The van der Waals surface area contributed by atoms with Crippen molar-refractivity contribution in [3.8, 4) is 23.0 Å². The molecule has 2 aromatic heterocycles. The molecule has 0 N–H and O–H groups in total. The molecule has 3 aromatic rings. The average Bonchev–Trinajstić information content (AvgIpc) is 2.77. The summed E-state index contributed by atoms with van der Waals surface area (Å²) in [5.41, 5.74) is 0.761. The molecule has 0 spiro atoms. The smallest absolute Gasteiger partial charge is 0.322 e. The first-order valence-electron chi connectivity index (χ1n) is 10.9. The lowest BCUT2D eigenvalue weighted by atomic mass is 10.1. The molecule has 192 valence electrons. The Morgan fingerprint density at radius 2 is 1.86 bits per heavy atom. The summed E-state index contributed by atoms with van der Waals surface area (Å²) in [5, 5.41) is -0.680. The number of halogens is 2. The molecule has 36 heavy (non-hydrogen) atoms. The molecule has 9 nitrogen and oxygen atoms in total. The number of benzene rings is 1. The minimum Gasteiger partial charge on any atom is -0.464 e. The van der Waals surface area contributed by atoms with Gasteiger partial charge in [0.1, 0.15) is 12.4 Å². The van der Waals surface area contributed by atoms with E-state index in [0.717, 1.165) is 12.1 Å². The van der Waals surface area contributed by atoms with Crippen LogP contribution in [0.4, 0.5) is 8.78 Å². The lowest BCUT2D eigenvalue weighted by Crippen LogP contribution is -2.24. The SMILES string of the molecule is CC(=O)OCCn1cc(-c2cc(CS(=O)(=O)C(C)C)nc(Oc3ccc(F)cc3F)n2)cc(C)c1=O. The number of pyridine rings is 1. The summed E-state index contributed by atoms with van der Waals surface area (Å²) in [4.78, 5) is 32.0. The number of nitrogens with zero attached hydrogens (tertiary/aromatic N) is 3. The van der Waals surface area contributed by atoms with E-state index in [0.29, 0.717) is 17.2 Å². The molecular weight excluding hydrogens is 496 g/mol. The summed E-state index contributed by atoms with van der Waals surface area (Å²) in [6.45, 7) is 5.96. The molecule has 0 aliphatic rings. The van der Waals surface area contributed by atoms with Crippen molar-refractivity contribution in [3.63, 3.8) is 0 Å². The molecule has 1 aromatic carbocycles. The summed E-state index contributed by atoms with van der Waals surface area (Å²) < 4.78 is 64.2. The first kappa shape index (κ1) is 26.9. The molecule has 0 bridgehead atoms. The summed E-state index contributed by atoms with van der Waals surface area (Å²) >= 11 is 0. The molecule has 0 aliphatic carbocycles. The Bertz CT molecular complexity index is 1450. The zero-order valence-corrected chi connectivity index (χ0v) is 20.9. The number of aryl methyl sites for hydroxylation is 1. The van der Waals surface area contributed by atoms with Crippen LogP contribution in [0.15, 0.2) is 41.3 Å². The van der Waals surface area contributed by atoms with Gasteiger partial charge in [-0.2, -0.15) is 9.97 Å². The zero-order chi connectivity index (χ0) is 26.6. The molecule has 0 amide bonds. The highest BCUT2D eigenvalue weighted by molar-refractivity contribution is 7.91. The van der Waals surface area contributed by atoms with Crippen molar-refractivity contribution in [2.24, 2.45) is 0 Å². The van der Waals surface area contributed by atoms with Gasteiger partial charge in [0.2, 0.25) is 0 Å². The largest absolute Gasteiger partial charge is 0.464 e. The first-order valence-corrected chi connectivity index (χ1v) is 12.6. The third-order valence-electron chi connectivity index (χ3n) is 5.12. The number of hydrogen-bond acceptors (Lipinski definition) is 8. The van der Waals surface area contributed by atoms with Crippen molar-refractivity contribution in [2.45, 2.75) is 45.2 Å². The number of ether oxygens (including phenoxy) is 2. The van der Waals surface area contributed by atoms with Crippen molar-refractivity contribution < 1.29 is 31.5 Å². The topological polar surface area (TPSA) is 117 Å². The standard InChI is InChI=1S/C24H25F2N3O6S/c1-14(2)36(32,33)13-19-11-21(28-24(27-19)35-22-6-5-18(25)10-20(22)26)17-9-15(3)23(31)29(12-17)7-8-34-16(4)30/h5-6,9-12,14H,7-8,13H2,1-4H3. The number of sulfone groups is 1. The first-order chi connectivity index (χ1) is 16.9. The minimum atomic E-state index is -3.57. The third kappa shape index (κ3) is 6.72. The summed E-state index contributed by atoms with van der Waals surface area (Å²) in [6.07, 6.45) is 1.48. The highest BCUT2D eigenvalue weighted by atomic mass is 32.2. The van der Waals surface area contributed by atoms with Crippen molar-refractivity contribution in [3.05, 3.63) is 69.8 Å². The van der Waals surface area contributed by atoms with Gasteiger partial charge in [-0.05, 0) is 45.0 Å². The van der Waals surface area contributed by atoms with Crippen molar-refractivity contribution in [1.82, 2.24) is 14.5 Å². The normalized spacial score (nSPS) is 11.5. The Morgan fingerprint density at radius 3 is 2.50 bits per heavy atom. The lowest BCUT2D eigenvalue weighted by molar-refractivity contribution is -0.141. The van der Waals surface area contributed by atoms with Gasteiger partial charge >= 0.3 is 12.0 Å². The highest BCUT2D eigenvalue weighted by Crippen LogP contribution is 2.27. The van der Waals surface area contributed by atoms with Gasteiger partial charge in [-0.1, -0.05) is 0 Å². The van der Waals surface area contributed by atoms with Gasteiger partial charge in [-0.3, -0.25) is 9.59 Å². The zero-order valence-electron chi connectivity index (χ0n) is 20.1. The number of aromatic nitrogens is 3. The van der Waals surface area contributed by atoms with Crippen LogP contribution in [0.5, 0.6) is 11.8 Å². The van der Waals surface area contributed by atoms with E-state index >= 15 is 0 Å². The average molecular weight is 522 g/mol. The van der Waals surface area contributed by atoms with Crippen LogP contribution in [0.1, 0.15) is 32.0 Å². The molecule has 2 heterocycles. The second-order valence-electron chi connectivity index (χ2n) is 8.31. The van der Waals surface area contributed by atoms with Crippen LogP contribution in [0.25, 0.3) is 11.3 Å². The molecule has 0 fully saturated rings. The fraction of sp³-hybridized carbons (Fsp3) is 0.333. The third-order valence-corrected chi connectivity index (χ3v) is 7.25. The Labute approximate surface area is 206 Å². The van der Waals surface area contributed by atoms with Gasteiger partial charge in [0.05, 0.1) is 28.9 Å². The van der Waals surface area contributed by atoms with Crippen LogP contribution in [-0.2, 0) is 31.7 Å². The molecule has 12 heteroatoms.